The highest BCUT2D eigenvalue weighted by Crippen LogP contribution is 2.27. The van der Waals surface area contributed by atoms with Gasteiger partial charge in [0.05, 0.1) is 0 Å². The molecule has 2 N–H and O–H groups in total. The number of benzene rings is 3. The number of carbonyl (C=O) groups excluding carboxylic acids is 2. The first kappa shape index (κ1) is 22.4. The average Bonchev–Trinajstić information content (AvgIpc) is 2.76. The minimum Gasteiger partial charge on any atom is -0.484 e. The fourth-order valence-corrected chi connectivity index (χ4v) is 3.68. The summed E-state index contributed by atoms with van der Waals surface area (Å²) in [5.74, 6) is 0.261. The topological polar surface area (TPSA) is 76.7 Å². The van der Waals surface area contributed by atoms with Crippen molar-refractivity contribution in [2.24, 2.45) is 0 Å². The van der Waals surface area contributed by atoms with Gasteiger partial charge in [0, 0.05) is 4.47 Å². The molecule has 3 aromatic carbocycles. The second-order valence-electron chi connectivity index (χ2n) is 6.93. The second-order valence-corrected chi connectivity index (χ2v) is 7.85. The molecule has 0 bridgehead atoms. The van der Waals surface area contributed by atoms with Gasteiger partial charge in [-0.3, -0.25) is 20.4 Å². The summed E-state index contributed by atoms with van der Waals surface area (Å²) in [7, 11) is 0. The Bertz CT molecular complexity index is 1030. The number of halogens is 1. The van der Waals surface area contributed by atoms with Gasteiger partial charge in [0.15, 0.2) is 13.2 Å². The van der Waals surface area contributed by atoms with Gasteiger partial charge in [-0.1, -0.05) is 58.4 Å². The van der Waals surface area contributed by atoms with E-state index in [2.05, 4.69) is 26.8 Å². The molecule has 3 aromatic rings. The molecule has 0 atom stereocenters. The van der Waals surface area contributed by atoms with Crippen LogP contribution >= 0.6 is 15.9 Å². The van der Waals surface area contributed by atoms with Gasteiger partial charge >= 0.3 is 0 Å². The van der Waals surface area contributed by atoms with Crippen LogP contribution in [0, 0.1) is 13.8 Å². The molecule has 0 spiro atoms. The Labute approximate surface area is 189 Å². The standard InChI is InChI=1S/C24H23BrN2O4/c1-16-12-20(25)13-17(2)24(16)31-15-23(29)27-26-22(28)14-30-21-10-8-19(9-11-21)18-6-4-3-5-7-18/h3-13H,14-15H2,1-2H3,(H,26,28)(H,27,29). The molecule has 0 aliphatic carbocycles. The number of aryl methyl sites for hydroxylation is 2. The molecule has 0 fully saturated rings. The largest absolute Gasteiger partial charge is 0.484 e. The maximum absolute atomic E-state index is 12.0. The Kier molecular flexibility index (Phi) is 7.67. The minimum absolute atomic E-state index is 0.217. The van der Waals surface area contributed by atoms with Gasteiger partial charge in [-0.2, -0.15) is 0 Å². The van der Waals surface area contributed by atoms with Gasteiger partial charge in [-0.15, -0.1) is 0 Å². The lowest BCUT2D eigenvalue weighted by molar-refractivity contribution is -0.131. The minimum atomic E-state index is -0.475. The van der Waals surface area contributed by atoms with Gasteiger partial charge in [0.25, 0.3) is 11.8 Å². The van der Waals surface area contributed by atoms with E-state index in [-0.39, 0.29) is 13.2 Å². The first-order chi connectivity index (χ1) is 14.9. The quantitative estimate of drug-likeness (QED) is 0.491. The lowest BCUT2D eigenvalue weighted by atomic mass is 10.1. The molecule has 0 radical (unpaired) electrons. The first-order valence-electron chi connectivity index (χ1n) is 9.68. The Morgan fingerprint density at radius 3 is 1.87 bits per heavy atom. The van der Waals surface area contributed by atoms with E-state index in [0.29, 0.717) is 11.5 Å². The van der Waals surface area contributed by atoms with E-state index in [4.69, 9.17) is 9.47 Å². The summed E-state index contributed by atoms with van der Waals surface area (Å²) in [6.45, 7) is 3.36. The highest BCUT2D eigenvalue weighted by Gasteiger charge is 2.10. The number of hydrogen-bond donors (Lipinski definition) is 2. The SMILES string of the molecule is Cc1cc(Br)cc(C)c1OCC(=O)NNC(=O)COc1ccc(-c2ccccc2)cc1. The van der Waals surface area contributed by atoms with Crippen LogP contribution in [0.3, 0.4) is 0 Å². The van der Waals surface area contributed by atoms with Gasteiger partial charge in [-0.05, 0) is 60.4 Å². The number of nitrogens with one attached hydrogen (secondary N) is 2. The molecule has 31 heavy (non-hydrogen) atoms. The lowest BCUT2D eigenvalue weighted by Gasteiger charge is -2.13. The molecule has 7 heteroatoms. The molecule has 0 aromatic heterocycles. The fourth-order valence-electron chi connectivity index (χ4n) is 3.00. The molecule has 0 unspecified atom stereocenters. The van der Waals surface area contributed by atoms with Crippen molar-refractivity contribution in [3.8, 4) is 22.6 Å². The second kappa shape index (κ2) is 10.6. The zero-order valence-electron chi connectivity index (χ0n) is 17.3. The maximum atomic E-state index is 12.0. The van der Waals surface area contributed by atoms with Crippen molar-refractivity contribution in [1.82, 2.24) is 10.9 Å². The molecule has 0 saturated heterocycles. The maximum Gasteiger partial charge on any atom is 0.276 e. The molecule has 2 amide bonds. The normalized spacial score (nSPS) is 10.3. The van der Waals surface area contributed by atoms with Crippen LogP contribution in [-0.2, 0) is 9.59 Å². The summed E-state index contributed by atoms with van der Waals surface area (Å²) in [5, 5.41) is 0. The number of ether oxygens (including phenoxy) is 2. The monoisotopic (exact) mass is 482 g/mol. The van der Waals surface area contributed by atoms with E-state index in [0.717, 1.165) is 26.7 Å². The summed E-state index contributed by atoms with van der Waals surface area (Å²) in [4.78, 5) is 23.9. The van der Waals surface area contributed by atoms with Crippen molar-refractivity contribution in [3.05, 3.63) is 82.3 Å². The predicted molar refractivity (Wildman–Crippen MR) is 123 cm³/mol. The lowest BCUT2D eigenvalue weighted by Crippen LogP contribution is -2.45. The molecular formula is C24H23BrN2O4. The molecule has 0 heterocycles. The number of amides is 2. The molecule has 6 nitrogen and oxygen atoms in total. The third-order valence-electron chi connectivity index (χ3n) is 4.45. The van der Waals surface area contributed by atoms with Crippen molar-refractivity contribution in [1.29, 1.82) is 0 Å². The molecule has 0 saturated carbocycles. The summed E-state index contributed by atoms with van der Waals surface area (Å²) < 4.78 is 12.0. The van der Waals surface area contributed by atoms with E-state index < -0.39 is 11.8 Å². The van der Waals surface area contributed by atoms with Gasteiger partial charge in [0.1, 0.15) is 11.5 Å². The smallest absolute Gasteiger partial charge is 0.276 e. The van der Waals surface area contributed by atoms with Crippen LogP contribution in [0.15, 0.2) is 71.2 Å². The zero-order valence-corrected chi connectivity index (χ0v) is 18.9. The fraction of sp³-hybridized carbons (Fsp3) is 0.167. The van der Waals surface area contributed by atoms with E-state index in [9.17, 15) is 9.59 Å². The van der Waals surface area contributed by atoms with Crippen LogP contribution in [0.4, 0.5) is 0 Å². The Balaban J connectivity index is 1.40. The molecule has 160 valence electrons. The average molecular weight is 483 g/mol. The van der Waals surface area contributed by atoms with Crippen LogP contribution in [0.2, 0.25) is 0 Å². The van der Waals surface area contributed by atoms with Crippen LogP contribution in [0.1, 0.15) is 11.1 Å². The number of hydrogen-bond acceptors (Lipinski definition) is 4. The van der Waals surface area contributed by atoms with Crippen LogP contribution in [0.25, 0.3) is 11.1 Å². The summed E-state index contributed by atoms with van der Waals surface area (Å²) in [6, 6.07) is 21.2. The van der Waals surface area contributed by atoms with Crippen LogP contribution in [0.5, 0.6) is 11.5 Å². The third kappa shape index (κ3) is 6.58. The number of rotatable bonds is 7. The number of carbonyl (C=O) groups is 2. The van der Waals surface area contributed by atoms with Gasteiger partial charge in [-0.25, -0.2) is 0 Å². The zero-order chi connectivity index (χ0) is 22.2. The predicted octanol–water partition coefficient (Wildman–Crippen LogP) is 4.34. The summed E-state index contributed by atoms with van der Waals surface area (Å²) in [5.41, 5.74) is 8.61. The van der Waals surface area contributed by atoms with Crippen LogP contribution in [-0.4, -0.2) is 25.0 Å². The van der Waals surface area contributed by atoms with Crippen molar-refractivity contribution < 1.29 is 19.1 Å². The molecule has 3 rings (SSSR count). The summed E-state index contributed by atoms with van der Waals surface area (Å²) in [6.07, 6.45) is 0. The highest BCUT2D eigenvalue weighted by atomic mass is 79.9. The van der Waals surface area contributed by atoms with Crippen molar-refractivity contribution in [3.63, 3.8) is 0 Å². The molecule has 0 aliphatic heterocycles. The molecule has 0 aliphatic rings. The van der Waals surface area contributed by atoms with Crippen molar-refractivity contribution >= 4 is 27.7 Å². The Hall–Kier alpha value is -3.32. The molecular weight excluding hydrogens is 460 g/mol. The summed E-state index contributed by atoms with van der Waals surface area (Å²) >= 11 is 3.42. The van der Waals surface area contributed by atoms with Crippen molar-refractivity contribution in [2.45, 2.75) is 13.8 Å². The highest BCUT2D eigenvalue weighted by molar-refractivity contribution is 9.10. The Morgan fingerprint density at radius 2 is 1.29 bits per heavy atom. The van der Waals surface area contributed by atoms with Crippen molar-refractivity contribution in [2.75, 3.05) is 13.2 Å². The van der Waals surface area contributed by atoms with Gasteiger partial charge < -0.3 is 9.47 Å². The van der Waals surface area contributed by atoms with E-state index in [1.54, 1.807) is 12.1 Å². The van der Waals surface area contributed by atoms with E-state index in [1.807, 2.05) is 68.4 Å². The van der Waals surface area contributed by atoms with E-state index in [1.165, 1.54) is 0 Å². The number of hydrazine groups is 1. The van der Waals surface area contributed by atoms with Gasteiger partial charge in [0.2, 0.25) is 0 Å². The first-order valence-corrected chi connectivity index (χ1v) is 10.5. The third-order valence-corrected chi connectivity index (χ3v) is 4.90. The van der Waals surface area contributed by atoms with E-state index >= 15 is 0 Å². The van der Waals surface area contributed by atoms with Crippen LogP contribution < -0.4 is 20.3 Å². The Morgan fingerprint density at radius 1 is 0.774 bits per heavy atom.